The zero-order valence-electron chi connectivity index (χ0n) is 16.9. The Morgan fingerprint density at radius 1 is 1.00 bits per heavy atom. The van der Waals surface area contributed by atoms with Gasteiger partial charge in [0.1, 0.15) is 0 Å². The SMILES string of the molecule is NC(=O)CCCCCCC[C@@]12CCC[C@H]1[C@@H]1CCc3ccccc3[C@H]1CC2. The first kappa shape index (κ1) is 19.0. The maximum absolute atomic E-state index is 10.8. The number of carbonyl (C=O) groups excluding carboxylic acids is 1. The fourth-order valence-electron chi connectivity index (χ4n) is 7.06. The van der Waals surface area contributed by atoms with Crippen LogP contribution in [-0.2, 0) is 11.2 Å². The lowest BCUT2D eigenvalue weighted by Crippen LogP contribution is -2.41. The molecule has 0 aliphatic heterocycles. The Morgan fingerprint density at radius 2 is 1.81 bits per heavy atom. The lowest BCUT2D eigenvalue weighted by atomic mass is 9.54. The topological polar surface area (TPSA) is 43.1 Å². The highest BCUT2D eigenvalue weighted by Crippen LogP contribution is 2.62. The van der Waals surface area contributed by atoms with Crippen LogP contribution < -0.4 is 5.73 Å². The number of hydrogen-bond donors (Lipinski definition) is 1. The van der Waals surface area contributed by atoms with E-state index in [1.54, 1.807) is 11.1 Å². The van der Waals surface area contributed by atoms with E-state index < -0.39 is 0 Å². The molecule has 4 atom stereocenters. The number of amides is 1. The summed E-state index contributed by atoms with van der Waals surface area (Å²) in [6, 6.07) is 9.29. The molecule has 1 aromatic carbocycles. The Morgan fingerprint density at radius 3 is 2.70 bits per heavy atom. The van der Waals surface area contributed by atoms with Crippen molar-refractivity contribution in [1.82, 2.24) is 0 Å². The van der Waals surface area contributed by atoms with E-state index in [-0.39, 0.29) is 5.91 Å². The molecule has 2 saturated carbocycles. The first-order valence-corrected chi connectivity index (χ1v) is 11.6. The van der Waals surface area contributed by atoms with Gasteiger partial charge in [-0.25, -0.2) is 0 Å². The lowest BCUT2D eigenvalue weighted by Gasteiger charge is -2.51. The highest BCUT2D eigenvalue weighted by Gasteiger charge is 2.51. The Labute approximate surface area is 165 Å². The molecule has 148 valence electrons. The van der Waals surface area contributed by atoms with Gasteiger partial charge < -0.3 is 5.73 Å². The molecule has 2 N–H and O–H groups in total. The maximum atomic E-state index is 10.8. The molecule has 0 heterocycles. The number of benzene rings is 1. The van der Waals surface area contributed by atoms with Gasteiger partial charge >= 0.3 is 0 Å². The van der Waals surface area contributed by atoms with Gasteiger partial charge in [-0.15, -0.1) is 0 Å². The third kappa shape index (κ3) is 3.96. The molecular formula is C25H37NO. The second-order valence-corrected chi connectivity index (χ2v) is 9.64. The molecule has 2 heteroatoms. The Hall–Kier alpha value is -1.31. The second-order valence-electron chi connectivity index (χ2n) is 9.64. The Bertz CT molecular complexity index is 653. The average molecular weight is 368 g/mol. The minimum atomic E-state index is -0.145. The smallest absolute Gasteiger partial charge is 0.217 e. The van der Waals surface area contributed by atoms with Crippen LogP contribution in [0.4, 0.5) is 0 Å². The molecule has 0 saturated heterocycles. The van der Waals surface area contributed by atoms with E-state index in [1.165, 1.54) is 77.0 Å². The third-order valence-electron chi connectivity index (χ3n) is 8.26. The number of unbranched alkanes of at least 4 members (excludes halogenated alkanes) is 4. The fraction of sp³-hybridized carbons (Fsp3) is 0.720. The monoisotopic (exact) mass is 367 g/mol. The number of primary amides is 1. The zero-order valence-corrected chi connectivity index (χ0v) is 16.9. The van der Waals surface area contributed by atoms with Gasteiger partial charge in [-0.1, -0.05) is 56.4 Å². The Kier molecular flexibility index (Phi) is 5.90. The van der Waals surface area contributed by atoms with Crippen molar-refractivity contribution < 1.29 is 4.79 Å². The molecule has 0 aromatic heterocycles. The van der Waals surface area contributed by atoms with E-state index in [9.17, 15) is 4.79 Å². The van der Waals surface area contributed by atoms with Gasteiger partial charge in [-0.3, -0.25) is 4.79 Å². The quantitative estimate of drug-likeness (QED) is 0.552. The van der Waals surface area contributed by atoms with Crippen LogP contribution in [0.2, 0.25) is 0 Å². The van der Waals surface area contributed by atoms with Crippen molar-refractivity contribution in [2.24, 2.45) is 23.0 Å². The van der Waals surface area contributed by atoms with Crippen molar-refractivity contribution >= 4 is 5.91 Å². The van der Waals surface area contributed by atoms with E-state index in [2.05, 4.69) is 24.3 Å². The molecule has 2 fully saturated rings. The van der Waals surface area contributed by atoms with Gasteiger partial charge in [0, 0.05) is 6.42 Å². The van der Waals surface area contributed by atoms with E-state index in [0.29, 0.717) is 11.8 Å². The van der Waals surface area contributed by atoms with E-state index in [4.69, 9.17) is 5.73 Å². The van der Waals surface area contributed by atoms with Crippen LogP contribution in [0.5, 0.6) is 0 Å². The fourth-order valence-corrected chi connectivity index (χ4v) is 7.06. The molecular weight excluding hydrogens is 330 g/mol. The molecule has 0 radical (unpaired) electrons. The summed E-state index contributed by atoms with van der Waals surface area (Å²) in [6.45, 7) is 0. The van der Waals surface area contributed by atoms with E-state index in [0.717, 1.165) is 24.2 Å². The van der Waals surface area contributed by atoms with Gasteiger partial charge in [-0.2, -0.15) is 0 Å². The first-order chi connectivity index (χ1) is 13.2. The van der Waals surface area contributed by atoms with Gasteiger partial charge in [-0.05, 0) is 85.7 Å². The maximum Gasteiger partial charge on any atom is 0.217 e. The summed E-state index contributed by atoms with van der Waals surface area (Å²) >= 11 is 0. The van der Waals surface area contributed by atoms with Crippen LogP contribution in [0.15, 0.2) is 24.3 Å². The van der Waals surface area contributed by atoms with Crippen LogP contribution in [0.25, 0.3) is 0 Å². The summed E-state index contributed by atoms with van der Waals surface area (Å²) in [5, 5.41) is 0. The van der Waals surface area contributed by atoms with Crippen LogP contribution in [0.3, 0.4) is 0 Å². The summed E-state index contributed by atoms with van der Waals surface area (Å²) < 4.78 is 0. The summed E-state index contributed by atoms with van der Waals surface area (Å²) in [5.41, 5.74) is 9.24. The van der Waals surface area contributed by atoms with Gasteiger partial charge in [0.05, 0.1) is 0 Å². The number of nitrogens with two attached hydrogens (primary N) is 1. The van der Waals surface area contributed by atoms with E-state index >= 15 is 0 Å². The largest absolute Gasteiger partial charge is 0.370 e. The molecule has 0 bridgehead atoms. The van der Waals surface area contributed by atoms with Gasteiger partial charge in [0.2, 0.25) is 5.91 Å². The molecule has 3 aliphatic carbocycles. The first-order valence-electron chi connectivity index (χ1n) is 11.6. The van der Waals surface area contributed by atoms with Crippen LogP contribution in [0.1, 0.15) is 101 Å². The molecule has 1 aromatic rings. The number of hydrogen-bond acceptors (Lipinski definition) is 1. The predicted molar refractivity (Wildman–Crippen MR) is 112 cm³/mol. The molecule has 1 amide bonds. The lowest BCUT2D eigenvalue weighted by molar-refractivity contribution is -0.118. The molecule has 0 spiro atoms. The van der Waals surface area contributed by atoms with Crippen LogP contribution in [-0.4, -0.2) is 5.91 Å². The predicted octanol–water partition coefficient (Wildman–Crippen LogP) is 6.13. The summed E-state index contributed by atoms with van der Waals surface area (Å²) in [6.07, 6.45) is 18.2. The highest BCUT2D eigenvalue weighted by atomic mass is 16.1. The summed E-state index contributed by atoms with van der Waals surface area (Å²) in [7, 11) is 0. The van der Waals surface area contributed by atoms with Crippen molar-refractivity contribution in [3.8, 4) is 0 Å². The molecule has 0 unspecified atom stereocenters. The van der Waals surface area contributed by atoms with Gasteiger partial charge in [0.25, 0.3) is 0 Å². The van der Waals surface area contributed by atoms with Crippen molar-refractivity contribution in [3.05, 3.63) is 35.4 Å². The van der Waals surface area contributed by atoms with Crippen LogP contribution in [0, 0.1) is 17.3 Å². The Balaban J connectivity index is 1.33. The molecule has 27 heavy (non-hydrogen) atoms. The van der Waals surface area contributed by atoms with Crippen LogP contribution >= 0.6 is 0 Å². The number of rotatable bonds is 8. The summed E-state index contributed by atoms with van der Waals surface area (Å²) in [5.74, 6) is 2.64. The minimum absolute atomic E-state index is 0.145. The highest BCUT2D eigenvalue weighted by molar-refractivity contribution is 5.73. The van der Waals surface area contributed by atoms with Crippen molar-refractivity contribution in [1.29, 1.82) is 0 Å². The van der Waals surface area contributed by atoms with Crippen molar-refractivity contribution in [2.75, 3.05) is 0 Å². The standard InChI is InChI=1S/C25H37NO/c26-24(27)12-4-2-1-3-7-16-25-17-8-11-23(25)22-14-13-19-9-5-6-10-20(19)21(22)15-18-25/h5-6,9-10,21-23H,1-4,7-8,11-18H2,(H2,26,27)/t21-,22-,23+,25+/m1/s1. The average Bonchev–Trinajstić information content (AvgIpc) is 3.11. The molecule has 2 nitrogen and oxygen atoms in total. The number of aryl methyl sites for hydroxylation is 1. The molecule has 4 rings (SSSR count). The number of carbonyl (C=O) groups is 1. The van der Waals surface area contributed by atoms with E-state index in [1.807, 2.05) is 0 Å². The third-order valence-corrected chi connectivity index (χ3v) is 8.26. The summed E-state index contributed by atoms with van der Waals surface area (Å²) in [4.78, 5) is 10.8. The molecule has 3 aliphatic rings. The van der Waals surface area contributed by atoms with Gasteiger partial charge in [0.15, 0.2) is 0 Å². The zero-order chi connectivity index (χ0) is 18.7. The van der Waals surface area contributed by atoms with Crippen molar-refractivity contribution in [2.45, 2.75) is 95.8 Å². The second kappa shape index (κ2) is 8.37. The van der Waals surface area contributed by atoms with Crippen molar-refractivity contribution in [3.63, 3.8) is 0 Å². The minimum Gasteiger partial charge on any atom is -0.370 e. The number of fused-ring (bicyclic) bond motifs is 5. The normalized spacial score (nSPS) is 31.8.